The smallest absolute Gasteiger partial charge is 0.221 e. The molecular formula is C18H19N5OS. The first kappa shape index (κ1) is 17.0. The lowest BCUT2D eigenvalue weighted by Crippen LogP contribution is -2.07. The van der Waals surface area contributed by atoms with Crippen molar-refractivity contribution in [2.75, 3.05) is 10.7 Å². The highest BCUT2D eigenvalue weighted by atomic mass is 32.1. The van der Waals surface area contributed by atoms with Crippen molar-refractivity contribution < 1.29 is 4.79 Å². The molecule has 7 heteroatoms. The number of anilines is 2. The van der Waals surface area contributed by atoms with Gasteiger partial charge in [-0.25, -0.2) is 9.97 Å². The lowest BCUT2D eigenvalue weighted by atomic mass is 10.1. The standard InChI is InChI=1S/C18H19N5OS/c1-10-12(3)25-18-16(10)17(19-9-20-18)23-22-11(2)14-6-5-7-15(8-14)21-13(4)24/h5-9H,1-4H3,(H,21,24)(H,19,20,23)/b22-11-. The van der Waals surface area contributed by atoms with Crippen molar-refractivity contribution in [1.82, 2.24) is 9.97 Å². The number of thiophene rings is 1. The zero-order valence-corrected chi connectivity index (χ0v) is 15.4. The van der Waals surface area contributed by atoms with Crippen molar-refractivity contribution >= 4 is 44.7 Å². The topological polar surface area (TPSA) is 79.3 Å². The lowest BCUT2D eigenvalue weighted by molar-refractivity contribution is -0.114. The Labute approximate surface area is 150 Å². The van der Waals surface area contributed by atoms with Crippen LogP contribution in [0.5, 0.6) is 0 Å². The number of hydrogen-bond acceptors (Lipinski definition) is 6. The average Bonchev–Trinajstić information content (AvgIpc) is 2.87. The molecule has 0 aliphatic heterocycles. The van der Waals surface area contributed by atoms with Crippen LogP contribution in [-0.4, -0.2) is 21.6 Å². The van der Waals surface area contributed by atoms with E-state index >= 15 is 0 Å². The molecule has 0 atom stereocenters. The first-order chi connectivity index (χ1) is 12.0. The van der Waals surface area contributed by atoms with Gasteiger partial charge in [-0.1, -0.05) is 12.1 Å². The van der Waals surface area contributed by atoms with Crippen LogP contribution in [0.2, 0.25) is 0 Å². The SMILES string of the molecule is CC(=O)Nc1cccc(/C(C)=N\Nc2ncnc3sc(C)c(C)c23)c1. The molecule has 0 saturated carbocycles. The fourth-order valence-corrected chi connectivity index (χ4v) is 3.49. The van der Waals surface area contributed by atoms with Gasteiger partial charge in [0.15, 0.2) is 5.82 Å². The van der Waals surface area contributed by atoms with Gasteiger partial charge >= 0.3 is 0 Å². The van der Waals surface area contributed by atoms with Gasteiger partial charge in [-0.05, 0) is 44.0 Å². The van der Waals surface area contributed by atoms with Crippen molar-refractivity contribution in [3.8, 4) is 0 Å². The molecule has 3 aromatic rings. The van der Waals surface area contributed by atoms with E-state index in [4.69, 9.17) is 0 Å². The van der Waals surface area contributed by atoms with E-state index < -0.39 is 0 Å². The molecular weight excluding hydrogens is 334 g/mol. The second-order valence-electron chi connectivity index (χ2n) is 5.76. The van der Waals surface area contributed by atoms with Crippen LogP contribution < -0.4 is 10.7 Å². The molecule has 0 spiro atoms. The van der Waals surface area contributed by atoms with E-state index in [1.54, 1.807) is 17.7 Å². The van der Waals surface area contributed by atoms with Crippen molar-refractivity contribution in [2.24, 2.45) is 5.10 Å². The number of aromatic nitrogens is 2. The monoisotopic (exact) mass is 353 g/mol. The summed E-state index contributed by atoms with van der Waals surface area (Å²) in [5, 5.41) is 8.24. The Morgan fingerprint density at radius 3 is 2.76 bits per heavy atom. The number of carbonyl (C=O) groups is 1. The van der Waals surface area contributed by atoms with Crippen LogP contribution in [0.15, 0.2) is 35.7 Å². The summed E-state index contributed by atoms with van der Waals surface area (Å²) in [4.78, 5) is 22.0. The van der Waals surface area contributed by atoms with Crippen LogP contribution in [0.4, 0.5) is 11.5 Å². The highest BCUT2D eigenvalue weighted by Gasteiger charge is 2.11. The Bertz CT molecular complexity index is 977. The molecule has 3 rings (SSSR count). The summed E-state index contributed by atoms with van der Waals surface area (Å²) >= 11 is 1.65. The summed E-state index contributed by atoms with van der Waals surface area (Å²) in [6.07, 6.45) is 1.54. The molecule has 0 aliphatic rings. The molecule has 2 heterocycles. The maximum atomic E-state index is 11.2. The van der Waals surface area contributed by atoms with Gasteiger partial charge in [0, 0.05) is 17.5 Å². The summed E-state index contributed by atoms with van der Waals surface area (Å²) in [7, 11) is 0. The number of fused-ring (bicyclic) bond motifs is 1. The number of amides is 1. The van der Waals surface area contributed by atoms with Crippen molar-refractivity contribution in [1.29, 1.82) is 0 Å². The van der Waals surface area contributed by atoms with E-state index in [2.05, 4.69) is 39.7 Å². The molecule has 2 N–H and O–H groups in total. The van der Waals surface area contributed by atoms with Crippen molar-refractivity contribution in [2.45, 2.75) is 27.7 Å². The molecule has 25 heavy (non-hydrogen) atoms. The molecule has 0 unspecified atom stereocenters. The van der Waals surface area contributed by atoms with Crippen molar-refractivity contribution in [3.63, 3.8) is 0 Å². The summed E-state index contributed by atoms with van der Waals surface area (Å²) in [5.41, 5.74) is 6.68. The van der Waals surface area contributed by atoms with Crippen LogP contribution in [0.1, 0.15) is 29.9 Å². The fourth-order valence-electron chi connectivity index (χ4n) is 2.49. The highest BCUT2D eigenvalue weighted by Crippen LogP contribution is 2.32. The summed E-state index contributed by atoms with van der Waals surface area (Å²) < 4.78 is 0. The molecule has 1 aromatic carbocycles. The third-order valence-electron chi connectivity index (χ3n) is 3.90. The van der Waals surface area contributed by atoms with Gasteiger partial charge in [-0.2, -0.15) is 5.10 Å². The number of hydrogen-bond donors (Lipinski definition) is 2. The minimum absolute atomic E-state index is 0.100. The normalized spacial score (nSPS) is 11.6. The minimum Gasteiger partial charge on any atom is -0.326 e. The van der Waals surface area contributed by atoms with Crippen LogP contribution in [0, 0.1) is 13.8 Å². The van der Waals surface area contributed by atoms with Gasteiger partial charge in [-0.3, -0.25) is 10.2 Å². The summed E-state index contributed by atoms with van der Waals surface area (Å²) in [5.74, 6) is 0.598. The number of nitrogens with zero attached hydrogens (tertiary/aromatic N) is 3. The predicted octanol–water partition coefficient (Wildman–Crippen LogP) is 4.10. The van der Waals surface area contributed by atoms with E-state index in [0.717, 1.165) is 27.2 Å². The molecule has 0 fully saturated rings. The Morgan fingerprint density at radius 2 is 2.00 bits per heavy atom. The maximum absolute atomic E-state index is 11.2. The zero-order chi connectivity index (χ0) is 18.0. The van der Waals surface area contributed by atoms with Crippen LogP contribution in [0.25, 0.3) is 10.2 Å². The van der Waals surface area contributed by atoms with Gasteiger partial charge in [-0.15, -0.1) is 11.3 Å². The van der Waals surface area contributed by atoms with Gasteiger partial charge in [0.1, 0.15) is 11.2 Å². The molecule has 0 saturated heterocycles. The second kappa shape index (κ2) is 6.98. The van der Waals surface area contributed by atoms with E-state index in [9.17, 15) is 4.79 Å². The van der Waals surface area contributed by atoms with Gasteiger partial charge in [0.2, 0.25) is 5.91 Å². The number of carbonyl (C=O) groups excluding carboxylic acids is 1. The van der Waals surface area contributed by atoms with E-state index in [1.807, 2.05) is 31.2 Å². The van der Waals surface area contributed by atoms with Crippen LogP contribution in [0.3, 0.4) is 0 Å². The first-order valence-electron chi connectivity index (χ1n) is 7.84. The Balaban J connectivity index is 1.88. The van der Waals surface area contributed by atoms with Gasteiger partial charge in [0.25, 0.3) is 0 Å². The third kappa shape index (κ3) is 3.66. The molecule has 0 bridgehead atoms. The highest BCUT2D eigenvalue weighted by molar-refractivity contribution is 7.18. The van der Waals surface area contributed by atoms with E-state index in [-0.39, 0.29) is 5.91 Å². The molecule has 6 nitrogen and oxygen atoms in total. The number of rotatable bonds is 4. The Morgan fingerprint density at radius 1 is 1.20 bits per heavy atom. The molecule has 128 valence electrons. The third-order valence-corrected chi connectivity index (χ3v) is 5.01. The van der Waals surface area contributed by atoms with Crippen LogP contribution in [-0.2, 0) is 4.79 Å². The van der Waals surface area contributed by atoms with Gasteiger partial charge < -0.3 is 5.32 Å². The number of nitrogens with one attached hydrogen (secondary N) is 2. The van der Waals surface area contributed by atoms with Crippen LogP contribution >= 0.6 is 11.3 Å². The quantitative estimate of drug-likeness (QED) is 0.547. The van der Waals surface area contributed by atoms with E-state index in [0.29, 0.717) is 5.82 Å². The molecule has 1 amide bonds. The summed E-state index contributed by atoms with van der Waals surface area (Å²) in [6, 6.07) is 7.56. The second-order valence-corrected chi connectivity index (χ2v) is 6.96. The fraction of sp³-hybridized carbons (Fsp3) is 0.222. The average molecular weight is 353 g/mol. The molecule has 0 aliphatic carbocycles. The predicted molar refractivity (Wildman–Crippen MR) is 103 cm³/mol. The number of aryl methyl sites for hydroxylation is 2. The molecule has 0 radical (unpaired) electrons. The number of benzene rings is 1. The first-order valence-corrected chi connectivity index (χ1v) is 8.66. The van der Waals surface area contributed by atoms with Gasteiger partial charge in [0.05, 0.1) is 11.1 Å². The van der Waals surface area contributed by atoms with Crippen molar-refractivity contribution in [3.05, 3.63) is 46.6 Å². The lowest BCUT2D eigenvalue weighted by Gasteiger charge is -2.07. The summed E-state index contributed by atoms with van der Waals surface area (Å²) in [6.45, 7) is 7.54. The zero-order valence-electron chi connectivity index (χ0n) is 14.5. The largest absolute Gasteiger partial charge is 0.326 e. The maximum Gasteiger partial charge on any atom is 0.221 e. The Hall–Kier alpha value is -2.80. The molecule has 2 aromatic heterocycles. The minimum atomic E-state index is -0.100. The Kier molecular flexibility index (Phi) is 4.76. The van der Waals surface area contributed by atoms with E-state index in [1.165, 1.54) is 17.4 Å². The number of hydrazone groups is 1.